The molecular formula is C28H44N7O22P3S. The first-order valence-electron chi connectivity index (χ1n) is 17.2. The number of aromatic nitrogens is 4. The number of nitrogen functional groups attached to an aromatic ring is 1. The number of phosphoric acid groups is 3. The summed E-state index contributed by atoms with van der Waals surface area (Å²) in [5.41, 5.74) is 1.57. The van der Waals surface area contributed by atoms with Gasteiger partial charge in [-0.05, 0) is 6.92 Å². The Hall–Kier alpha value is -3.54. The highest BCUT2D eigenvalue weighted by molar-refractivity contribution is 8.13. The van der Waals surface area contributed by atoms with Crippen LogP contribution in [0.2, 0.25) is 0 Å². The molecule has 2 aromatic rings. The van der Waals surface area contributed by atoms with Crippen molar-refractivity contribution in [3.63, 3.8) is 0 Å². The summed E-state index contributed by atoms with van der Waals surface area (Å²) in [7, 11) is -16.6. The molecule has 9 unspecified atom stereocenters. The Morgan fingerprint density at radius 1 is 1.00 bits per heavy atom. The summed E-state index contributed by atoms with van der Waals surface area (Å²) in [5, 5.41) is 53.4. The number of nitrogens with zero attached hydrogens (tertiary/aromatic N) is 4. The van der Waals surface area contributed by atoms with Gasteiger partial charge in [0.15, 0.2) is 17.7 Å². The summed E-state index contributed by atoms with van der Waals surface area (Å²) in [5.74, 6) is -7.15. The largest absolute Gasteiger partial charge is 0.481 e. The van der Waals surface area contributed by atoms with Crippen LogP contribution in [0.15, 0.2) is 12.7 Å². The number of nitrogens with two attached hydrogens (primary N) is 1. The average molecular weight is 956 g/mol. The lowest BCUT2D eigenvalue weighted by Gasteiger charge is -2.30. The molecule has 1 fully saturated rings. The minimum atomic E-state index is -5.63. The summed E-state index contributed by atoms with van der Waals surface area (Å²) < 4.78 is 62.0. The zero-order valence-electron chi connectivity index (χ0n) is 32.0. The van der Waals surface area contributed by atoms with Crippen LogP contribution in [0.1, 0.15) is 39.8 Å². The Kier molecular flexibility index (Phi) is 17.6. The van der Waals surface area contributed by atoms with Crippen molar-refractivity contribution in [2.24, 2.45) is 11.3 Å². The predicted molar refractivity (Wildman–Crippen MR) is 201 cm³/mol. The number of thioether (sulfide) groups is 1. The van der Waals surface area contributed by atoms with Crippen LogP contribution in [0.25, 0.3) is 11.2 Å². The van der Waals surface area contributed by atoms with Gasteiger partial charge in [0.25, 0.3) is 0 Å². The van der Waals surface area contributed by atoms with E-state index >= 15 is 0 Å². The molecule has 344 valence electrons. The molecular weight excluding hydrogens is 911 g/mol. The highest BCUT2D eigenvalue weighted by atomic mass is 32.2. The van der Waals surface area contributed by atoms with Crippen LogP contribution in [0.5, 0.6) is 0 Å². The third-order valence-corrected chi connectivity index (χ3v) is 12.7. The summed E-state index contributed by atoms with van der Waals surface area (Å²) in [4.78, 5) is 110. The van der Waals surface area contributed by atoms with Crippen LogP contribution in [0.3, 0.4) is 0 Å². The summed E-state index contributed by atoms with van der Waals surface area (Å²) in [6, 6.07) is 0. The fourth-order valence-electron chi connectivity index (χ4n) is 5.26. The van der Waals surface area contributed by atoms with Crippen LogP contribution >= 0.6 is 35.2 Å². The number of imidazole rings is 1. The Morgan fingerprint density at radius 3 is 2.25 bits per heavy atom. The summed E-state index contributed by atoms with van der Waals surface area (Å²) in [6.07, 6.45) is -8.43. The number of phosphoric ester groups is 3. The molecule has 0 aromatic carbocycles. The van der Waals surface area contributed by atoms with Gasteiger partial charge in [-0.1, -0.05) is 25.6 Å². The van der Waals surface area contributed by atoms with Crippen molar-refractivity contribution in [3.8, 4) is 0 Å². The second-order valence-corrected chi connectivity index (χ2v) is 19.1. The van der Waals surface area contributed by atoms with Gasteiger partial charge in [-0.15, -0.1) is 0 Å². The standard InChI is InChI=1S/C28H44N7O22P3S/c1-27(2,20(40)23(41)31-5-4-15(36)30-6-7-61-26(44)28(3,45)13(25(42)43)8-16(37)38)10-54-60(51,52)57-59(49,50)53-9-14-19(56-58(46,47)48)18(39)24(55-14)35-12-34-17-21(29)32-11-33-22(17)35/h11-14,18-20,24,39-40,45H,4-10H2,1-3H3,(H,30,36)(H,31,41)(H,37,38)(H,42,43)(H,49,50)(H,51,52)(H2,29,32,33)(H2,46,47,48). The number of aliphatic carboxylic acids is 2. The highest BCUT2D eigenvalue weighted by Crippen LogP contribution is 2.61. The number of carbonyl (C=O) groups is 5. The molecule has 3 heterocycles. The molecule has 0 saturated carbocycles. The first-order valence-corrected chi connectivity index (χ1v) is 22.7. The molecule has 61 heavy (non-hydrogen) atoms. The van der Waals surface area contributed by atoms with Gasteiger partial charge in [-0.25, -0.2) is 28.6 Å². The molecule has 1 aliphatic heterocycles. The number of fused-ring (bicyclic) bond motifs is 1. The molecule has 13 N–H and O–H groups in total. The van der Waals surface area contributed by atoms with Crippen molar-refractivity contribution in [3.05, 3.63) is 12.7 Å². The molecule has 29 nitrogen and oxygen atoms in total. The van der Waals surface area contributed by atoms with Crippen LogP contribution in [0.4, 0.5) is 5.82 Å². The normalized spacial score (nSPS) is 22.3. The van der Waals surface area contributed by atoms with Crippen molar-refractivity contribution >= 4 is 81.1 Å². The van der Waals surface area contributed by atoms with Crippen LogP contribution in [-0.4, -0.2) is 156 Å². The molecule has 0 spiro atoms. The topological polar surface area (TPSA) is 458 Å². The van der Waals surface area contributed by atoms with Gasteiger partial charge < -0.3 is 66.2 Å². The lowest BCUT2D eigenvalue weighted by atomic mass is 9.87. The van der Waals surface area contributed by atoms with Crippen LogP contribution < -0.4 is 16.4 Å². The van der Waals surface area contributed by atoms with Gasteiger partial charge in [0.1, 0.15) is 47.8 Å². The second kappa shape index (κ2) is 20.8. The first-order chi connectivity index (χ1) is 28.0. The van der Waals surface area contributed by atoms with E-state index in [9.17, 15) is 77.7 Å². The predicted octanol–water partition coefficient (Wildman–Crippen LogP) is -2.41. The van der Waals surface area contributed by atoms with Gasteiger partial charge in [0.05, 0.1) is 26.0 Å². The van der Waals surface area contributed by atoms with Gasteiger partial charge in [0.2, 0.25) is 16.9 Å². The average Bonchev–Trinajstić information content (AvgIpc) is 3.69. The summed E-state index contributed by atoms with van der Waals surface area (Å²) >= 11 is 0.444. The molecule has 2 amide bonds. The molecule has 0 bridgehead atoms. The van der Waals surface area contributed by atoms with E-state index in [1.54, 1.807) is 0 Å². The summed E-state index contributed by atoms with van der Waals surface area (Å²) in [6.45, 7) is 0.555. The van der Waals surface area contributed by atoms with Gasteiger partial charge in [-0.2, -0.15) is 4.31 Å². The van der Waals surface area contributed by atoms with Crippen LogP contribution in [0, 0.1) is 11.3 Å². The van der Waals surface area contributed by atoms with Crippen molar-refractivity contribution in [2.45, 2.75) is 69.9 Å². The SMILES string of the molecule is CC(C)(COP(=O)(O)OP(=O)(O)OCC1OC(n2cnc3c(N)ncnc32)C(O)C1OP(=O)(O)O)C(O)C(=O)NCCC(=O)NCCSC(=O)C(C)(O)C(CC(=O)O)C(=O)O. The number of aliphatic hydroxyl groups excluding tert-OH is 2. The van der Waals surface area contributed by atoms with Crippen molar-refractivity contribution < 1.29 is 105 Å². The third-order valence-electron chi connectivity index (χ3n) is 8.50. The Labute approximate surface area is 347 Å². The zero-order valence-corrected chi connectivity index (χ0v) is 35.5. The molecule has 1 saturated heterocycles. The minimum Gasteiger partial charge on any atom is -0.481 e. The smallest absolute Gasteiger partial charge is 0.481 e. The number of amides is 2. The Morgan fingerprint density at radius 2 is 1.64 bits per heavy atom. The van der Waals surface area contributed by atoms with E-state index < -0.39 is 120 Å². The Balaban J connectivity index is 1.47. The van der Waals surface area contributed by atoms with E-state index in [1.807, 2.05) is 0 Å². The number of ether oxygens (including phenoxy) is 1. The number of hydrogen-bond donors (Lipinski definition) is 12. The number of nitrogens with one attached hydrogen (secondary N) is 2. The van der Waals surface area contributed by atoms with Gasteiger partial charge >= 0.3 is 35.4 Å². The van der Waals surface area contributed by atoms with Gasteiger partial charge in [-0.3, -0.25) is 42.1 Å². The van der Waals surface area contributed by atoms with Crippen molar-refractivity contribution in [1.29, 1.82) is 0 Å². The molecule has 1 aliphatic rings. The quantitative estimate of drug-likeness (QED) is 0.0385. The molecule has 3 rings (SSSR count). The molecule has 9 atom stereocenters. The maximum Gasteiger partial charge on any atom is 0.481 e. The fourth-order valence-corrected chi connectivity index (χ4v) is 8.92. The molecule has 2 aromatic heterocycles. The zero-order chi connectivity index (χ0) is 46.3. The van der Waals surface area contributed by atoms with Crippen LogP contribution in [-0.2, 0) is 60.3 Å². The highest BCUT2D eigenvalue weighted by Gasteiger charge is 2.50. The molecule has 0 aliphatic carbocycles. The van der Waals surface area contributed by atoms with E-state index in [0.717, 1.165) is 24.1 Å². The van der Waals surface area contributed by atoms with Crippen molar-refractivity contribution in [1.82, 2.24) is 30.2 Å². The molecule has 33 heteroatoms. The van der Waals surface area contributed by atoms with Crippen molar-refractivity contribution in [2.75, 3.05) is 37.8 Å². The van der Waals surface area contributed by atoms with E-state index in [4.69, 9.17) is 24.6 Å². The number of hydrogen-bond acceptors (Lipinski definition) is 21. The lowest BCUT2D eigenvalue weighted by Crippen LogP contribution is -2.47. The van der Waals surface area contributed by atoms with E-state index in [2.05, 4.69) is 34.4 Å². The van der Waals surface area contributed by atoms with E-state index in [-0.39, 0.29) is 42.2 Å². The van der Waals surface area contributed by atoms with E-state index in [1.165, 1.54) is 13.8 Å². The third kappa shape index (κ3) is 14.8. The first kappa shape index (κ1) is 51.8. The number of carboxylic acids is 2. The van der Waals surface area contributed by atoms with Gasteiger partial charge in [0, 0.05) is 30.7 Å². The maximum atomic E-state index is 12.7. The number of rotatable bonds is 24. The maximum absolute atomic E-state index is 12.7. The lowest BCUT2D eigenvalue weighted by molar-refractivity contribution is -0.160. The second-order valence-electron chi connectivity index (χ2n) is 13.8. The number of carboxylic acid groups (broad SMARTS) is 2. The monoisotopic (exact) mass is 955 g/mol. The number of carbonyl (C=O) groups excluding carboxylic acids is 3. The number of aliphatic hydroxyl groups is 3. The van der Waals surface area contributed by atoms with E-state index in [0.29, 0.717) is 11.8 Å². The fraction of sp³-hybridized carbons (Fsp3) is 0.643. The molecule has 0 radical (unpaired) electrons. The minimum absolute atomic E-state index is 0.00218. The Bertz CT molecular complexity index is 2090. The number of anilines is 1.